The maximum Gasteiger partial charge on any atom is 0.406 e. The fourth-order valence-electron chi connectivity index (χ4n) is 1.30. The second kappa shape index (κ2) is 4.36. The minimum Gasteiger partial charge on any atom is -0.482 e. The lowest BCUT2D eigenvalue weighted by Gasteiger charge is -2.05. The average molecular weight is 237 g/mol. The minimum atomic E-state index is -0.620. The van der Waals surface area contributed by atoms with Crippen molar-refractivity contribution in [1.29, 1.82) is 0 Å². The van der Waals surface area contributed by atoms with Gasteiger partial charge in [0.1, 0.15) is 0 Å². The van der Waals surface area contributed by atoms with Gasteiger partial charge in [0.15, 0.2) is 6.20 Å². The summed E-state index contributed by atoms with van der Waals surface area (Å²) in [7, 11) is 1.48. The standard InChI is InChI=1S/C10H11N3O4/c1-11-10(14)6-4-8(17-7-2-3-7)9(12-5-6)13(15)16/h4-5,7H,2-3H2,1H3,(H,11,14). The van der Waals surface area contributed by atoms with Gasteiger partial charge in [0.05, 0.1) is 11.7 Å². The number of rotatable bonds is 4. The molecule has 0 aromatic carbocycles. The van der Waals surface area contributed by atoms with Crippen molar-refractivity contribution < 1.29 is 14.5 Å². The normalized spacial score (nSPS) is 14.2. The highest BCUT2D eigenvalue weighted by molar-refractivity contribution is 5.94. The van der Waals surface area contributed by atoms with E-state index in [-0.39, 0.29) is 29.1 Å². The highest BCUT2D eigenvalue weighted by Gasteiger charge is 2.28. The highest BCUT2D eigenvalue weighted by Crippen LogP contribution is 2.32. The summed E-state index contributed by atoms with van der Waals surface area (Å²) in [5.41, 5.74) is 0.244. The number of carbonyl (C=O) groups is 1. The Labute approximate surface area is 96.9 Å². The first kappa shape index (κ1) is 11.3. The van der Waals surface area contributed by atoms with Crippen LogP contribution in [0, 0.1) is 10.1 Å². The predicted molar refractivity (Wildman–Crippen MR) is 57.9 cm³/mol. The average Bonchev–Trinajstić information content (AvgIpc) is 3.11. The lowest BCUT2D eigenvalue weighted by Crippen LogP contribution is -2.18. The number of amides is 1. The van der Waals surface area contributed by atoms with Crippen LogP contribution in [0.2, 0.25) is 0 Å². The first-order valence-electron chi connectivity index (χ1n) is 5.15. The van der Waals surface area contributed by atoms with E-state index in [0.717, 1.165) is 19.0 Å². The fraction of sp³-hybridized carbons (Fsp3) is 0.400. The van der Waals surface area contributed by atoms with Gasteiger partial charge in [-0.3, -0.25) is 4.79 Å². The highest BCUT2D eigenvalue weighted by atomic mass is 16.6. The number of nitrogens with zero attached hydrogens (tertiary/aromatic N) is 2. The van der Waals surface area contributed by atoms with Crippen molar-refractivity contribution in [3.05, 3.63) is 27.9 Å². The van der Waals surface area contributed by atoms with Crippen molar-refractivity contribution >= 4 is 11.7 Å². The number of pyridine rings is 1. The van der Waals surface area contributed by atoms with Crippen LogP contribution in [0.25, 0.3) is 0 Å². The maximum atomic E-state index is 11.4. The van der Waals surface area contributed by atoms with E-state index in [0.29, 0.717) is 0 Å². The summed E-state index contributed by atoms with van der Waals surface area (Å²) in [4.78, 5) is 25.1. The number of nitrogens with one attached hydrogen (secondary N) is 1. The van der Waals surface area contributed by atoms with Crippen LogP contribution < -0.4 is 10.1 Å². The molecule has 1 aliphatic carbocycles. The maximum absolute atomic E-state index is 11.4. The molecule has 0 saturated heterocycles. The molecule has 0 unspecified atom stereocenters. The molecule has 1 fully saturated rings. The van der Waals surface area contributed by atoms with E-state index in [1.807, 2.05) is 0 Å². The van der Waals surface area contributed by atoms with Gasteiger partial charge < -0.3 is 20.2 Å². The Bertz CT molecular complexity index is 471. The molecule has 1 aromatic rings. The van der Waals surface area contributed by atoms with Crippen molar-refractivity contribution in [2.75, 3.05) is 7.05 Å². The Balaban J connectivity index is 2.34. The zero-order valence-electron chi connectivity index (χ0n) is 9.17. The first-order valence-corrected chi connectivity index (χ1v) is 5.15. The number of nitro groups is 1. The third kappa shape index (κ3) is 2.49. The molecule has 1 N–H and O–H groups in total. The summed E-state index contributed by atoms with van der Waals surface area (Å²) in [6.07, 6.45) is 2.93. The van der Waals surface area contributed by atoms with E-state index in [4.69, 9.17) is 4.74 Å². The SMILES string of the molecule is CNC(=O)c1cnc([N+](=O)[O-])c(OC2CC2)c1. The third-order valence-electron chi connectivity index (χ3n) is 2.31. The smallest absolute Gasteiger partial charge is 0.406 e. The van der Waals surface area contributed by atoms with Gasteiger partial charge in [-0.1, -0.05) is 0 Å². The summed E-state index contributed by atoms with van der Waals surface area (Å²) in [6, 6.07) is 1.35. The minimum absolute atomic E-state index is 0.00966. The second-order valence-corrected chi connectivity index (χ2v) is 3.70. The molecule has 1 heterocycles. The number of hydrogen-bond donors (Lipinski definition) is 1. The molecule has 1 saturated carbocycles. The molecular formula is C10H11N3O4. The van der Waals surface area contributed by atoms with Crippen LogP contribution in [0.15, 0.2) is 12.3 Å². The molecule has 90 valence electrons. The van der Waals surface area contributed by atoms with E-state index in [9.17, 15) is 14.9 Å². The van der Waals surface area contributed by atoms with E-state index in [2.05, 4.69) is 10.3 Å². The van der Waals surface area contributed by atoms with Gasteiger partial charge in [0, 0.05) is 13.1 Å². The fourth-order valence-corrected chi connectivity index (χ4v) is 1.30. The Morgan fingerprint density at radius 2 is 2.35 bits per heavy atom. The van der Waals surface area contributed by atoms with Gasteiger partial charge in [-0.25, -0.2) is 0 Å². The Morgan fingerprint density at radius 1 is 1.65 bits per heavy atom. The van der Waals surface area contributed by atoms with E-state index >= 15 is 0 Å². The van der Waals surface area contributed by atoms with Crippen molar-refractivity contribution in [2.24, 2.45) is 0 Å². The molecule has 0 bridgehead atoms. The zero-order chi connectivity index (χ0) is 12.4. The van der Waals surface area contributed by atoms with Gasteiger partial charge in [-0.15, -0.1) is 0 Å². The van der Waals surface area contributed by atoms with Gasteiger partial charge in [0.2, 0.25) is 5.75 Å². The zero-order valence-corrected chi connectivity index (χ0v) is 9.17. The third-order valence-corrected chi connectivity index (χ3v) is 2.31. The molecule has 1 aliphatic rings. The summed E-state index contributed by atoms with van der Waals surface area (Å²) in [5, 5.41) is 13.2. The molecule has 0 radical (unpaired) electrons. The lowest BCUT2D eigenvalue weighted by molar-refractivity contribution is -0.390. The number of hydrogen-bond acceptors (Lipinski definition) is 5. The topological polar surface area (TPSA) is 94.4 Å². The van der Waals surface area contributed by atoms with Crippen LogP contribution in [-0.2, 0) is 0 Å². The van der Waals surface area contributed by atoms with Crippen LogP contribution in [0.5, 0.6) is 5.75 Å². The van der Waals surface area contributed by atoms with E-state index in [1.54, 1.807) is 0 Å². The van der Waals surface area contributed by atoms with Crippen molar-refractivity contribution in [1.82, 2.24) is 10.3 Å². The Morgan fingerprint density at radius 3 is 2.88 bits per heavy atom. The Kier molecular flexibility index (Phi) is 2.90. The van der Waals surface area contributed by atoms with Crippen LogP contribution in [-0.4, -0.2) is 29.0 Å². The number of ether oxygens (including phenoxy) is 1. The van der Waals surface area contributed by atoms with Gasteiger partial charge in [0.25, 0.3) is 5.91 Å². The summed E-state index contributed by atoms with van der Waals surface area (Å²) >= 11 is 0. The Hall–Kier alpha value is -2.18. The summed E-state index contributed by atoms with van der Waals surface area (Å²) in [6.45, 7) is 0. The van der Waals surface area contributed by atoms with Gasteiger partial charge in [-0.2, -0.15) is 0 Å². The number of carbonyl (C=O) groups excluding carboxylic acids is 1. The van der Waals surface area contributed by atoms with Gasteiger partial charge >= 0.3 is 5.82 Å². The van der Waals surface area contributed by atoms with Crippen molar-refractivity contribution in [3.8, 4) is 5.75 Å². The molecule has 0 aliphatic heterocycles. The van der Waals surface area contributed by atoms with Crippen LogP contribution in [0.1, 0.15) is 23.2 Å². The van der Waals surface area contributed by atoms with Crippen LogP contribution >= 0.6 is 0 Å². The van der Waals surface area contributed by atoms with Crippen LogP contribution in [0.4, 0.5) is 5.82 Å². The van der Waals surface area contributed by atoms with Crippen molar-refractivity contribution in [3.63, 3.8) is 0 Å². The molecule has 17 heavy (non-hydrogen) atoms. The number of aromatic nitrogens is 1. The lowest BCUT2D eigenvalue weighted by atomic mass is 10.2. The summed E-state index contributed by atoms with van der Waals surface area (Å²) < 4.78 is 5.37. The van der Waals surface area contributed by atoms with Crippen LogP contribution in [0.3, 0.4) is 0 Å². The molecule has 2 rings (SSSR count). The molecule has 7 heteroatoms. The second-order valence-electron chi connectivity index (χ2n) is 3.70. The molecular weight excluding hydrogens is 226 g/mol. The molecule has 1 amide bonds. The first-order chi connectivity index (χ1) is 8.11. The molecule has 1 aromatic heterocycles. The largest absolute Gasteiger partial charge is 0.482 e. The quantitative estimate of drug-likeness (QED) is 0.619. The van der Waals surface area contributed by atoms with E-state index in [1.165, 1.54) is 13.1 Å². The monoisotopic (exact) mass is 237 g/mol. The predicted octanol–water partition coefficient (Wildman–Crippen LogP) is 0.891. The molecule has 7 nitrogen and oxygen atoms in total. The van der Waals surface area contributed by atoms with Crippen molar-refractivity contribution in [2.45, 2.75) is 18.9 Å². The molecule has 0 atom stereocenters. The summed E-state index contributed by atoms with van der Waals surface area (Å²) in [5.74, 6) is -0.656. The van der Waals surface area contributed by atoms with Gasteiger partial charge in [-0.05, 0) is 22.7 Å². The van der Waals surface area contributed by atoms with E-state index < -0.39 is 4.92 Å². The molecule has 0 spiro atoms.